The van der Waals surface area contributed by atoms with Gasteiger partial charge in [0.1, 0.15) is 5.75 Å². The normalized spacial score (nSPS) is 28.1. The molecule has 1 unspecified atom stereocenters. The number of urea groups is 1. The monoisotopic (exact) mass is 421 g/mol. The minimum Gasteiger partial charge on any atom is -0.497 e. The van der Waals surface area contributed by atoms with Crippen molar-refractivity contribution >= 4 is 16.1 Å². The maximum Gasteiger partial charge on any atom is 0.315 e. The fraction of sp³-hybridized carbons (Fsp3) is 0.667. The Balaban J connectivity index is 1.38. The minimum atomic E-state index is -3.55. The van der Waals surface area contributed by atoms with Crippen LogP contribution in [-0.4, -0.2) is 50.0 Å². The molecule has 1 aliphatic carbocycles. The molecule has 2 N–H and O–H groups in total. The molecule has 3 aliphatic rings. The van der Waals surface area contributed by atoms with Gasteiger partial charge < -0.3 is 15.4 Å². The molecule has 8 heteroatoms. The highest BCUT2D eigenvalue weighted by molar-refractivity contribution is 7.89. The van der Waals surface area contributed by atoms with E-state index in [9.17, 15) is 13.2 Å². The van der Waals surface area contributed by atoms with E-state index in [4.69, 9.17) is 4.74 Å². The summed E-state index contributed by atoms with van der Waals surface area (Å²) >= 11 is 0. The molecule has 3 atom stereocenters. The molecule has 2 bridgehead atoms. The van der Waals surface area contributed by atoms with E-state index in [-0.39, 0.29) is 30.2 Å². The predicted octanol–water partition coefficient (Wildman–Crippen LogP) is 3.01. The van der Waals surface area contributed by atoms with Gasteiger partial charge in [-0.2, -0.15) is 4.31 Å². The topological polar surface area (TPSA) is 87.7 Å². The molecule has 1 aromatic carbocycles. The Morgan fingerprint density at radius 1 is 0.931 bits per heavy atom. The molecule has 2 saturated heterocycles. The summed E-state index contributed by atoms with van der Waals surface area (Å²) in [4.78, 5) is 12.7. The lowest BCUT2D eigenvalue weighted by atomic mass is 9.95. The molecule has 1 saturated carbocycles. The Labute approximate surface area is 173 Å². The molecule has 3 fully saturated rings. The molecule has 160 valence electrons. The van der Waals surface area contributed by atoms with E-state index >= 15 is 0 Å². The number of nitrogens with zero attached hydrogens (tertiary/aromatic N) is 1. The molecule has 29 heavy (non-hydrogen) atoms. The molecule has 2 amide bonds. The van der Waals surface area contributed by atoms with Gasteiger partial charge in [0.05, 0.1) is 12.0 Å². The first kappa shape index (κ1) is 20.5. The number of piperidine rings is 1. The third-order valence-electron chi connectivity index (χ3n) is 6.58. The molecule has 1 aromatic rings. The Hall–Kier alpha value is -1.80. The summed E-state index contributed by atoms with van der Waals surface area (Å²) in [6.07, 6.45) is 8.75. The maximum atomic E-state index is 13.2. The van der Waals surface area contributed by atoms with Gasteiger partial charge in [-0.25, -0.2) is 13.2 Å². The predicted molar refractivity (Wildman–Crippen MR) is 110 cm³/mol. The van der Waals surface area contributed by atoms with Crippen LogP contribution in [0.2, 0.25) is 0 Å². The lowest BCUT2D eigenvalue weighted by Gasteiger charge is -2.38. The standard InChI is InChI=1S/C21H31N3O4S/c1-28-19-9-11-20(12-10-19)29(26,27)24-17-7-8-18(24)14-16(13-17)23-21(25)22-15-5-3-2-4-6-15/h9-12,15-18H,2-8,13-14H2,1H3,(H2,22,23,25)/t16?,17-,18+. The zero-order valence-electron chi connectivity index (χ0n) is 17.0. The molecule has 4 rings (SSSR count). The number of fused-ring (bicyclic) bond motifs is 2. The number of hydrogen-bond donors (Lipinski definition) is 2. The average Bonchev–Trinajstić information content (AvgIpc) is 3.01. The van der Waals surface area contributed by atoms with Gasteiger partial charge in [0.25, 0.3) is 0 Å². The fourth-order valence-corrected chi connectivity index (χ4v) is 7.06. The largest absolute Gasteiger partial charge is 0.497 e. The molecule has 2 aliphatic heterocycles. The van der Waals surface area contributed by atoms with Crippen molar-refractivity contribution in [2.75, 3.05) is 7.11 Å². The second-order valence-electron chi connectivity index (χ2n) is 8.52. The molecular formula is C21H31N3O4S. The van der Waals surface area contributed by atoms with Gasteiger partial charge >= 0.3 is 6.03 Å². The SMILES string of the molecule is COc1ccc(S(=O)(=O)N2[C@@H]3CC[C@H]2CC(NC(=O)NC2CCCCC2)C3)cc1. The third kappa shape index (κ3) is 4.38. The molecule has 0 aromatic heterocycles. The Kier molecular flexibility index (Phi) is 6.01. The Morgan fingerprint density at radius 2 is 1.52 bits per heavy atom. The van der Waals surface area contributed by atoms with Crippen molar-refractivity contribution in [2.24, 2.45) is 0 Å². The smallest absolute Gasteiger partial charge is 0.315 e. The summed E-state index contributed by atoms with van der Waals surface area (Å²) in [5, 5.41) is 6.21. The number of ether oxygens (including phenoxy) is 1. The van der Waals surface area contributed by atoms with Gasteiger partial charge in [-0.1, -0.05) is 19.3 Å². The van der Waals surface area contributed by atoms with Crippen LogP contribution in [0.4, 0.5) is 4.79 Å². The Morgan fingerprint density at radius 3 is 2.10 bits per heavy atom. The van der Waals surface area contributed by atoms with Crippen LogP contribution in [0.25, 0.3) is 0 Å². The van der Waals surface area contributed by atoms with Crippen LogP contribution in [-0.2, 0) is 10.0 Å². The van der Waals surface area contributed by atoms with E-state index in [1.165, 1.54) is 19.3 Å². The molecule has 0 radical (unpaired) electrons. The van der Waals surface area contributed by atoms with Crippen LogP contribution in [0.15, 0.2) is 29.2 Å². The lowest BCUT2D eigenvalue weighted by molar-refractivity contribution is 0.195. The van der Waals surface area contributed by atoms with Gasteiger partial charge in [-0.05, 0) is 62.8 Å². The number of nitrogens with one attached hydrogen (secondary N) is 2. The highest BCUT2D eigenvalue weighted by Gasteiger charge is 2.47. The first-order valence-corrected chi connectivity index (χ1v) is 12.2. The van der Waals surface area contributed by atoms with Crippen LogP contribution < -0.4 is 15.4 Å². The number of methoxy groups -OCH3 is 1. The van der Waals surface area contributed by atoms with E-state index in [0.717, 1.165) is 25.7 Å². The van der Waals surface area contributed by atoms with Gasteiger partial charge in [0, 0.05) is 24.2 Å². The van der Waals surface area contributed by atoms with Gasteiger partial charge in [-0.3, -0.25) is 0 Å². The summed E-state index contributed by atoms with van der Waals surface area (Å²) in [5.41, 5.74) is 0. The highest BCUT2D eigenvalue weighted by Crippen LogP contribution is 2.40. The van der Waals surface area contributed by atoms with Crippen LogP contribution >= 0.6 is 0 Å². The summed E-state index contributed by atoms with van der Waals surface area (Å²) in [6, 6.07) is 6.66. The summed E-state index contributed by atoms with van der Waals surface area (Å²) in [6.45, 7) is 0. The van der Waals surface area contributed by atoms with Crippen molar-refractivity contribution in [3.05, 3.63) is 24.3 Å². The van der Waals surface area contributed by atoms with Crippen molar-refractivity contribution < 1.29 is 17.9 Å². The van der Waals surface area contributed by atoms with Crippen molar-refractivity contribution in [1.82, 2.24) is 14.9 Å². The number of carbonyl (C=O) groups excluding carboxylic acids is 1. The number of sulfonamides is 1. The molecule has 7 nitrogen and oxygen atoms in total. The number of carbonyl (C=O) groups is 1. The van der Waals surface area contributed by atoms with E-state index in [2.05, 4.69) is 10.6 Å². The second-order valence-corrected chi connectivity index (χ2v) is 10.4. The van der Waals surface area contributed by atoms with E-state index in [1.54, 1.807) is 35.7 Å². The zero-order valence-corrected chi connectivity index (χ0v) is 17.8. The van der Waals surface area contributed by atoms with Crippen molar-refractivity contribution in [2.45, 2.75) is 86.9 Å². The van der Waals surface area contributed by atoms with E-state index < -0.39 is 10.0 Å². The third-order valence-corrected chi connectivity index (χ3v) is 8.60. The first-order chi connectivity index (χ1) is 14.0. The fourth-order valence-electron chi connectivity index (χ4n) is 5.17. The summed E-state index contributed by atoms with van der Waals surface area (Å²) < 4.78 is 33.3. The zero-order chi connectivity index (χ0) is 20.4. The molecule has 0 spiro atoms. The molecule has 2 heterocycles. The summed E-state index contributed by atoms with van der Waals surface area (Å²) in [7, 11) is -1.99. The summed E-state index contributed by atoms with van der Waals surface area (Å²) in [5.74, 6) is 0.638. The van der Waals surface area contributed by atoms with Crippen LogP contribution in [0.1, 0.15) is 57.8 Å². The highest BCUT2D eigenvalue weighted by atomic mass is 32.2. The van der Waals surface area contributed by atoms with Crippen molar-refractivity contribution in [3.63, 3.8) is 0 Å². The Bertz CT molecular complexity index is 807. The van der Waals surface area contributed by atoms with Crippen LogP contribution in [0.3, 0.4) is 0 Å². The average molecular weight is 422 g/mol. The van der Waals surface area contributed by atoms with Gasteiger partial charge in [0.2, 0.25) is 10.0 Å². The quantitative estimate of drug-likeness (QED) is 0.765. The first-order valence-electron chi connectivity index (χ1n) is 10.7. The number of hydrogen-bond acceptors (Lipinski definition) is 4. The number of rotatable bonds is 5. The maximum absolute atomic E-state index is 13.2. The van der Waals surface area contributed by atoms with Gasteiger partial charge in [-0.15, -0.1) is 0 Å². The van der Waals surface area contributed by atoms with E-state index in [1.807, 2.05) is 0 Å². The van der Waals surface area contributed by atoms with Crippen LogP contribution in [0.5, 0.6) is 5.75 Å². The van der Waals surface area contributed by atoms with Crippen molar-refractivity contribution in [3.8, 4) is 5.75 Å². The molecular weight excluding hydrogens is 390 g/mol. The van der Waals surface area contributed by atoms with Gasteiger partial charge in [0.15, 0.2) is 0 Å². The number of amides is 2. The minimum absolute atomic E-state index is 0.0263. The van der Waals surface area contributed by atoms with Crippen LogP contribution in [0, 0.1) is 0 Å². The van der Waals surface area contributed by atoms with E-state index in [0.29, 0.717) is 23.5 Å². The number of benzene rings is 1. The second kappa shape index (κ2) is 8.52. The lowest BCUT2D eigenvalue weighted by Crippen LogP contribution is -2.54. The van der Waals surface area contributed by atoms with Crippen molar-refractivity contribution in [1.29, 1.82) is 0 Å².